The third kappa shape index (κ3) is 4.66. The molecule has 0 aliphatic heterocycles. The Hall–Kier alpha value is -3.47. The van der Waals surface area contributed by atoms with E-state index < -0.39 is 11.8 Å². The van der Waals surface area contributed by atoms with Gasteiger partial charge in [-0.25, -0.2) is 9.37 Å². The number of nitrogens with one attached hydrogen (secondary N) is 2. The van der Waals surface area contributed by atoms with E-state index in [1.54, 1.807) is 23.7 Å². The lowest BCUT2D eigenvalue weighted by Gasteiger charge is -2.41. The second-order valence-corrected chi connectivity index (χ2v) is 8.22. The molecule has 2 amide bonds. The van der Waals surface area contributed by atoms with Crippen LogP contribution in [0.15, 0.2) is 35.8 Å². The van der Waals surface area contributed by atoms with Gasteiger partial charge in [0.05, 0.1) is 17.8 Å². The molecule has 0 bridgehead atoms. The Bertz CT molecular complexity index is 1100. The number of halogens is 1. The fourth-order valence-corrected chi connectivity index (χ4v) is 4.17. The van der Waals surface area contributed by atoms with Crippen molar-refractivity contribution in [3.8, 4) is 0 Å². The number of pyridine rings is 1. The summed E-state index contributed by atoms with van der Waals surface area (Å²) in [4.78, 5) is 31.7. The van der Waals surface area contributed by atoms with Crippen LogP contribution in [0.25, 0.3) is 0 Å². The van der Waals surface area contributed by atoms with Gasteiger partial charge in [0.15, 0.2) is 10.8 Å². The molecule has 11 heteroatoms. The van der Waals surface area contributed by atoms with Crippen LogP contribution >= 0.6 is 11.3 Å². The molecule has 0 spiro atoms. The van der Waals surface area contributed by atoms with Crippen LogP contribution in [0.1, 0.15) is 41.1 Å². The van der Waals surface area contributed by atoms with Crippen LogP contribution in [-0.4, -0.2) is 38.5 Å². The second-order valence-electron chi connectivity index (χ2n) is 7.37. The Morgan fingerprint density at radius 1 is 1.23 bits per heavy atom. The van der Waals surface area contributed by atoms with Crippen LogP contribution in [0.2, 0.25) is 0 Å². The number of carbonyl (C=O) groups excluding carboxylic acids is 2. The highest BCUT2D eigenvalue weighted by Crippen LogP contribution is 2.43. The van der Waals surface area contributed by atoms with Crippen molar-refractivity contribution in [3.05, 3.63) is 58.7 Å². The van der Waals surface area contributed by atoms with E-state index in [-0.39, 0.29) is 23.3 Å². The van der Waals surface area contributed by atoms with Gasteiger partial charge in [0, 0.05) is 23.5 Å². The highest BCUT2D eigenvalue weighted by Gasteiger charge is 2.41. The van der Waals surface area contributed by atoms with Gasteiger partial charge in [-0.15, -0.1) is 21.5 Å². The first-order valence-electron chi connectivity index (χ1n) is 9.68. The molecule has 9 nitrogen and oxygen atoms in total. The number of primary amides is 1. The first-order valence-corrected chi connectivity index (χ1v) is 10.6. The third-order valence-corrected chi connectivity index (χ3v) is 6.01. The third-order valence-electron chi connectivity index (χ3n) is 5.20. The Labute approximate surface area is 181 Å². The minimum Gasteiger partial charge on any atom is -0.369 e. The maximum absolute atomic E-state index is 14.2. The summed E-state index contributed by atoms with van der Waals surface area (Å²) in [6, 6.07) is 6.19. The molecule has 0 atom stereocenters. The summed E-state index contributed by atoms with van der Waals surface area (Å²) in [6.07, 6.45) is 4.31. The van der Waals surface area contributed by atoms with Crippen molar-refractivity contribution in [2.75, 3.05) is 17.2 Å². The largest absolute Gasteiger partial charge is 0.369 e. The Morgan fingerprint density at radius 3 is 2.71 bits per heavy atom. The monoisotopic (exact) mass is 441 g/mol. The van der Waals surface area contributed by atoms with Crippen LogP contribution in [0.5, 0.6) is 0 Å². The Morgan fingerprint density at radius 2 is 2.06 bits per heavy atom. The summed E-state index contributed by atoms with van der Waals surface area (Å²) >= 11 is 1.19. The normalized spacial score (nSPS) is 14.5. The Kier molecular flexibility index (Phi) is 5.85. The van der Waals surface area contributed by atoms with Gasteiger partial charge in [-0.3, -0.25) is 19.9 Å². The number of nitrogens with two attached hydrogens (primary N) is 1. The number of aromatic nitrogens is 4. The van der Waals surface area contributed by atoms with Crippen molar-refractivity contribution < 1.29 is 14.0 Å². The average molecular weight is 441 g/mol. The van der Waals surface area contributed by atoms with Crippen LogP contribution in [0.3, 0.4) is 0 Å². The molecule has 3 aromatic heterocycles. The number of amides is 2. The predicted octanol–water partition coefficient (Wildman–Crippen LogP) is 2.28. The highest BCUT2D eigenvalue weighted by molar-refractivity contribution is 7.14. The molecule has 31 heavy (non-hydrogen) atoms. The molecule has 4 N–H and O–H groups in total. The van der Waals surface area contributed by atoms with Crippen molar-refractivity contribution in [3.63, 3.8) is 0 Å². The van der Waals surface area contributed by atoms with E-state index in [4.69, 9.17) is 5.73 Å². The smallest absolute Gasteiger partial charge is 0.277 e. The summed E-state index contributed by atoms with van der Waals surface area (Å²) in [7, 11) is 0. The van der Waals surface area contributed by atoms with Crippen LogP contribution in [0.4, 0.5) is 15.3 Å². The predicted molar refractivity (Wildman–Crippen MR) is 113 cm³/mol. The molecule has 3 heterocycles. The van der Waals surface area contributed by atoms with Gasteiger partial charge in [0.2, 0.25) is 5.91 Å². The number of thiazole rings is 1. The van der Waals surface area contributed by atoms with E-state index in [0.29, 0.717) is 28.9 Å². The summed E-state index contributed by atoms with van der Waals surface area (Å²) in [6.45, 7) is 0.475. The van der Waals surface area contributed by atoms with Gasteiger partial charge in [-0.1, -0.05) is 6.42 Å². The zero-order valence-electron chi connectivity index (χ0n) is 16.5. The molecule has 1 saturated carbocycles. The highest BCUT2D eigenvalue weighted by atomic mass is 32.1. The fourth-order valence-electron chi connectivity index (χ4n) is 3.47. The number of anilines is 2. The molecular formula is C20H20FN7O2S. The van der Waals surface area contributed by atoms with Gasteiger partial charge < -0.3 is 11.1 Å². The number of nitrogens with zero attached hydrogens (tertiary/aromatic N) is 4. The van der Waals surface area contributed by atoms with Crippen molar-refractivity contribution in [2.24, 2.45) is 5.73 Å². The molecule has 1 aliphatic carbocycles. The number of carbonyl (C=O) groups is 2. The number of rotatable bonds is 8. The van der Waals surface area contributed by atoms with Crippen molar-refractivity contribution >= 4 is 34.1 Å². The SMILES string of the molecule is NC(=O)Cc1csc(NC(=O)c2ccc(NCC3(c4ncccc4F)CCC3)nn2)n1. The topological polar surface area (TPSA) is 136 Å². The van der Waals surface area contributed by atoms with E-state index in [1.165, 1.54) is 23.5 Å². The van der Waals surface area contributed by atoms with Crippen molar-refractivity contribution in [1.29, 1.82) is 0 Å². The molecule has 1 fully saturated rings. The summed E-state index contributed by atoms with van der Waals surface area (Å²) in [5.41, 5.74) is 5.85. The molecule has 3 aromatic rings. The van der Waals surface area contributed by atoms with Gasteiger partial charge in [-0.05, 0) is 37.1 Å². The molecule has 0 saturated heterocycles. The minimum absolute atomic E-state index is 0.0104. The molecule has 4 rings (SSSR count). The zero-order valence-corrected chi connectivity index (χ0v) is 17.3. The first-order chi connectivity index (χ1) is 14.9. The molecule has 0 aromatic carbocycles. The van der Waals surface area contributed by atoms with E-state index in [1.807, 2.05) is 0 Å². The Balaban J connectivity index is 1.37. The van der Waals surface area contributed by atoms with Gasteiger partial charge in [-0.2, -0.15) is 0 Å². The average Bonchev–Trinajstić information content (AvgIpc) is 3.14. The molecular weight excluding hydrogens is 421 g/mol. The molecule has 160 valence electrons. The van der Waals surface area contributed by atoms with Gasteiger partial charge in [0.1, 0.15) is 11.6 Å². The standard InChI is InChI=1S/C20H20FN7O2S/c21-13-3-1-8-23-17(13)20(6-2-7-20)11-24-16-5-4-14(27-28-16)18(30)26-19-25-12(10-31-19)9-15(22)29/h1,3-5,8,10H,2,6-7,9,11H2,(H2,22,29)(H,24,28)(H,25,26,30). The summed E-state index contributed by atoms with van der Waals surface area (Å²) in [5, 5.41) is 15.8. The van der Waals surface area contributed by atoms with Crippen LogP contribution in [0, 0.1) is 5.82 Å². The lowest BCUT2D eigenvalue weighted by Crippen LogP contribution is -2.42. The molecule has 1 aliphatic rings. The minimum atomic E-state index is -0.494. The van der Waals surface area contributed by atoms with E-state index in [0.717, 1.165) is 19.3 Å². The molecule has 0 unspecified atom stereocenters. The lowest BCUT2D eigenvalue weighted by atomic mass is 9.66. The van der Waals surface area contributed by atoms with Crippen LogP contribution in [-0.2, 0) is 16.6 Å². The van der Waals surface area contributed by atoms with Crippen molar-refractivity contribution in [1.82, 2.24) is 20.2 Å². The fraction of sp³-hybridized carbons (Fsp3) is 0.300. The number of hydrogen-bond acceptors (Lipinski definition) is 8. The first kappa shape index (κ1) is 20.8. The lowest BCUT2D eigenvalue weighted by molar-refractivity contribution is -0.117. The summed E-state index contributed by atoms with van der Waals surface area (Å²) in [5.74, 6) is -0.780. The second kappa shape index (κ2) is 8.72. The van der Waals surface area contributed by atoms with Crippen molar-refractivity contribution in [2.45, 2.75) is 31.1 Å². The van der Waals surface area contributed by atoms with Gasteiger partial charge >= 0.3 is 0 Å². The van der Waals surface area contributed by atoms with E-state index in [9.17, 15) is 14.0 Å². The summed E-state index contributed by atoms with van der Waals surface area (Å²) < 4.78 is 14.2. The number of hydrogen-bond donors (Lipinski definition) is 3. The quantitative estimate of drug-likeness (QED) is 0.488. The molecule has 0 radical (unpaired) electrons. The van der Waals surface area contributed by atoms with E-state index in [2.05, 4.69) is 30.8 Å². The van der Waals surface area contributed by atoms with Gasteiger partial charge in [0.25, 0.3) is 5.91 Å². The maximum Gasteiger partial charge on any atom is 0.277 e. The van der Waals surface area contributed by atoms with E-state index >= 15 is 0 Å². The van der Waals surface area contributed by atoms with Crippen LogP contribution < -0.4 is 16.4 Å². The maximum atomic E-state index is 14.2. The zero-order chi connectivity index (χ0) is 21.8.